The number of furan rings is 1. The molecule has 1 atom stereocenters. The number of carboxylic acid groups (broad SMARTS) is 1. The Balaban J connectivity index is 1.18. The van der Waals surface area contributed by atoms with Crippen LogP contribution in [0, 0.1) is 6.92 Å². The number of rotatable bonds is 9. The molecule has 0 radical (unpaired) electrons. The summed E-state index contributed by atoms with van der Waals surface area (Å²) in [7, 11) is 0. The lowest BCUT2D eigenvalue weighted by Gasteiger charge is -2.17. The van der Waals surface area contributed by atoms with Crippen molar-refractivity contribution in [2.24, 2.45) is 0 Å². The van der Waals surface area contributed by atoms with Crippen LogP contribution in [0.25, 0.3) is 11.1 Å². The maximum absolute atomic E-state index is 12.6. The van der Waals surface area contributed by atoms with Crippen molar-refractivity contribution < 1.29 is 28.6 Å². The first-order valence-corrected chi connectivity index (χ1v) is 12.1. The predicted molar refractivity (Wildman–Crippen MR) is 138 cm³/mol. The molecular formula is C30H27NO6. The SMILES string of the molecule is Cc1ccccc1OCc1ccc(CC(NC(=O)OCC2c3ccccc3-c3ccccc32)C(=O)O)o1. The van der Waals surface area contributed by atoms with Crippen molar-refractivity contribution >= 4 is 12.1 Å². The molecular weight excluding hydrogens is 470 g/mol. The first-order chi connectivity index (χ1) is 18.0. The number of benzene rings is 3. The molecule has 1 heterocycles. The van der Waals surface area contributed by atoms with Gasteiger partial charge in [0.2, 0.25) is 0 Å². The monoisotopic (exact) mass is 497 g/mol. The molecule has 0 bridgehead atoms. The lowest BCUT2D eigenvalue weighted by atomic mass is 9.98. The average molecular weight is 498 g/mol. The van der Waals surface area contributed by atoms with Gasteiger partial charge in [-0.15, -0.1) is 0 Å². The van der Waals surface area contributed by atoms with E-state index in [0.717, 1.165) is 33.6 Å². The number of carbonyl (C=O) groups excluding carboxylic acids is 1. The molecule has 1 aliphatic carbocycles. The molecule has 5 rings (SSSR count). The molecule has 7 nitrogen and oxygen atoms in total. The van der Waals surface area contributed by atoms with Crippen LogP contribution in [0.1, 0.15) is 34.1 Å². The number of hydrogen-bond acceptors (Lipinski definition) is 5. The van der Waals surface area contributed by atoms with Gasteiger partial charge in [-0.1, -0.05) is 66.7 Å². The van der Waals surface area contributed by atoms with Crippen LogP contribution in [0.15, 0.2) is 89.3 Å². The molecule has 0 spiro atoms. The third-order valence-electron chi connectivity index (χ3n) is 6.52. The summed E-state index contributed by atoms with van der Waals surface area (Å²) in [5, 5.41) is 12.1. The number of aryl methyl sites for hydroxylation is 1. The summed E-state index contributed by atoms with van der Waals surface area (Å²) in [6.07, 6.45) is -0.812. The van der Waals surface area contributed by atoms with Gasteiger partial charge >= 0.3 is 12.1 Å². The van der Waals surface area contributed by atoms with Gasteiger partial charge in [0.15, 0.2) is 0 Å². The van der Waals surface area contributed by atoms with Gasteiger partial charge < -0.3 is 24.3 Å². The minimum absolute atomic E-state index is 0.0239. The van der Waals surface area contributed by atoms with Gasteiger partial charge in [-0.3, -0.25) is 0 Å². The fourth-order valence-corrected chi connectivity index (χ4v) is 4.66. The molecule has 7 heteroatoms. The molecule has 4 aromatic rings. The van der Waals surface area contributed by atoms with Crippen LogP contribution in [-0.2, 0) is 22.6 Å². The molecule has 1 aromatic heterocycles. The molecule has 188 valence electrons. The molecule has 2 N–H and O–H groups in total. The van der Waals surface area contributed by atoms with Crippen molar-refractivity contribution in [3.63, 3.8) is 0 Å². The Kier molecular flexibility index (Phi) is 6.94. The van der Waals surface area contributed by atoms with Gasteiger partial charge in [0.25, 0.3) is 0 Å². The number of nitrogens with one attached hydrogen (secondary N) is 1. The normalized spacial score (nSPS) is 12.9. The number of fused-ring (bicyclic) bond motifs is 3. The van der Waals surface area contributed by atoms with E-state index >= 15 is 0 Å². The van der Waals surface area contributed by atoms with E-state index in [0.29, 0.717) is 11.5 Å². The van der Waals surface area contributed by atoms with E-state index < -0.39 is 18.1 Å². The largest absolute Gasteiger partial charge is 0.485 e. The Morgan fingerprint density at radius 2 is 1.51 bits per heavy atom. The molecule has 0 saturated carbocycles. The van der Waals surface area contributed by atoms with Crippen molar-refractivity contribution in [2.75, 3.05) is 6.61 Å². The second-order valence-electron chi connectivity index (χ2n) is 8.99. The van der Waals surface area contributed by atoms with E-state index in [1.807, 2.05) is 67.6 Å². The standard InChI is InChI=1S/C30H27NO6/c1-19-8-2-7-13-28(19)35-17-21-15-14-20(37-21)16-27(29(32)33)31-30(34)36-18-26-24-11-5-3-9-22(24)23-10-4-6-12-25(23)26/h2-15,26-27H,16-18H2,1H3,(H,31,34)(H,32,33). The van der Waals surface area contributed by atoms with Crippen molar-refractivity contribution in [3.8, 4) is 16.9 Å². The second-order valence-corrected chi connectivity index (χ2v) is 8.99. The van der Waals surface area contributed by atoms with Crippen LogP contribution in [0.2, 0.25) is 0 Å². The van der Waals surface area contributed by atoms with Crippen LogP contribution >= 0.6 is 0 Å². The van der Waals surface area contributed by atoms with E-state index in [9.17, 15) is 14.7 Å². The average Bonchev–Trinajstić information content (AvgIpc) is 3.48. The van der Waals surface area contributed by atoms with Crippen LogP contribution in [0.4, 0.5) is 4.79 Å². The number of hydrogen-bond donors (Lipinski definition) is 2. The molecule has 0 saturated heterocycles. The Labute approximate surface area is 214 Å². The van der Waals surface area contributed by atoms with Crippen molar-refractivity contribution in [1.82, 2.24) is 5.32 Å². The summed E-state index contributed by atoms with van der Waals surface area (Å²) in [5.74, 6) is 0.448. The highest BCUT2D eigenvalue weighted by molar-refractivity contribution is 5.81. The molecule has 1 amide bonds. The maximum atomic E-state index is 12.6. The molecule has 0 aliphatic heterocycles. The van der Waals surface area contributed by atoms with Crippen LogP contribution in [0.3, 0.4) is 0 Å². The molecule has 1 unspecified atom stereocenters. The maximum Gasteiger partial charge on any atom is 0.407 e. The second kappa shape index (κ2) is 10.6. The number of ether oxygens (including phenoxy) is 2. The van der Waals surface area contributed by atoms with E-state index in [1.165, 1.54) is 0 Å². The minimum Gasteiger partial charge on any atom is -0.485 e. The number of carboxylic acids is 1. The summed E-state index contributed by atoms with van der Waals surface area (Å²) >= 11 is 0. The number of aliphatic carboxylic acids is 1. The molecule has 0 fully saturated rings. The predicted octanol–water partition coefficient (Wildman–Crippen LogP) is 5.70. The highest BCUT2D eigenvalue weighted by atomic mass is 16.5. The Bertz CT molecular complexity index is 1380. The number of para-hydroxylation sites is 1. The van der Waals surface area contributed by atoms with Crippen LogP contribution in [-0.4, -0.2) is 29.8 Å². The van der Waals surface area contributed by atoms with Gasteiger partial charge in [0.1, 0.15) is 36.5 Å². The number of alkyl carbamates (subject to hydrolysis) is 1. The topological polar surface area (TPSA) is 98.0 Å². The summed E-state index contributed by atoms with van der Waals surface area (Å²) in [5.41, 5.74) is 5.42. The zero-order valence-corrected chi connectivity index (χ0v) is 20.3. The zero-order valence-electron chi connectivity index (χ0n) is 20.3. The van der Waals surface area contributed by atoms with Gasteiger partial charge in [-0.2, -0.15) is 0 Å². The van der Waals surface area contributed by atoms with Crippen molar-refractivity contribution in [2.45, 2.75) is 31.9 Å². The molecule has 37 heavy (non-hydrogen) atoms. The lowest BCUT2D eigenvalue weighted by molar-refractivity contribution is -0.139. The summed E-state index contributed by atoms with van der Waals surface area (Å²) in [4.78, 5) is 24.4. The van der Waals surface area contributed by atoms with Gasteiger partial charge in [-0.25, -0.2) is 9.59 Å². The Morgan fingerprint density at radius 1 is 0.892 bits per heavy atom. The van der Waals surface area contributed by atoms with Crippen molar-refractivity contribution in [3.05, 3.63) is 113 Å². The molecule has 3 aromatic carbocycles. The summed E-state index contributed by atoms with van der Waals surface area (Å²) < 4.78 is 17.0. The van der Waals surface area contributed by atoms with Gasteiger partial charge in [0, 0.05) is 12.3 Å². The highest BCUT2D eigenvalue weighted by Crippen LogP contribution is 2.44. The first-order valence-electron chi connectivity index (χ1n) is 12.1. The minimum atomic E-state index is -1.20. The Morgan fingerprint density at radius 3 is 2.19 bits per heavy atom. The van der Waals surface area contributed by atoms with Crippen molar-refractivity contribution in [1.29, 1.82) is 0 Å². The fraction of sp³-hybridized carbons (Fsp3) is 0.200. The molecule has 1 aliphatic rings. The Hall–Kier alpha value is -4.52. The van der Waals surface area contributed by atoms with E-state index in [-0.39, 0.29) is 25.6 Å². The highest BCUT2D eigenvalue weighted by Gasteiger charge is 2.30. The third kappa shape index (κ3) is 5.35. The number of carbonyl (C=O) groups is 2. The van der Waals surface area contributed by atoms with Crippen LogP contribution < -0.4 is 10.1 Å². The zero-order chi connectivity index (χ0) is 25.8. The summed E-state index contributed by atoms with van der Waals surface area (Å²) in [6.45, 7) is 2.27. The number of amides is 1. The lowest BCUT2D eigenvalue weighted by Crippen LogP contribution is -2.42. The van der Waals surface area contributed by atoms with E-state index in [4.69, 9.17) is 13.9 Å². The van der Waals surface area contributed by atoms with E-state index in [2.05, 4.69) is 17.4 Å². The third-order valence-corrected chi connectivity index (χ3v) is 6.52. The van der Waals surface area contributed by atoms with E-state index in [1.54, 1.807) is 12.1 Å². The van der Waals surface area contributed by atoms with Gasteiger partial charge in [-0.05, 0) is 52.9 Å². The quantitative estimate of drug-likeness (QED) is 0.308. The van der Waals surface area contributed by atoms with Crippen LogP contribution in [0.5, 0.6) is 5.75 Å². The fourth-order valence-electron chi connectivity index (χ4n) is 4.66. The van der Waals surface area contributed by atoms with Gasteiger partial charge in [0.05, 0.1) is 0 Å². The summed E-state index contributed by atoms with van der Waals surface area (Å²) in [6, 6.07) is 25.9. The smallest absolute Gasteiger partial charge is 0.407 e. The first kappa shape index (κ1) is 24.2.